The Hall–Kier alpha value is -3.54. The molecule has 1 aromatic carbocycles. The van der Waals surface area contributed by atoms with Crippen LogP contribution in [0.5, 0.6) is 17.6 Å². The number of hydrogen-bond donors (Lipinski definition) is 2. The normalized spacial score (nSPS) is 26.8. The third-order valence-electron chi connectivity index (χ3n) is 10.6. The predicted octanol–water partition coefficient (Wildman–Crippen LogP) is 5.28. The Kier molecular flexibility index (Phi) is 7.57. The number of hydrogen-bond acceptors (Lipinski definition) is 10. The topological polar surface area (TPSA) is 113 Å². The lowest BCUT2D eigenvalue weighted by Crippen LogP contribution is -2.43. The minimum Gasteiger partial charge on any atom is -0.508 e. The van der Waals surface area contributed by atoms with Crippen LogP contribution in [0.4, 0.5) is 10.2 Å². The fourth-order valence-electron chi connectivity index (χ4n) is 8.68. The molecular formula is C36H44FN5O5. The van der Waals surface area contributed by atoms with E-state index < -0.39 is 11.4 Å². The molecular weight excluding hydrogens is 601 g/mol. The molecule has 4 aliphatic heterocycles. The highest BCUT2D eigenvalue weighted by molar-refractivity contribution is 5.97. The lowest BCUT2D eigenvalue weighted by molar-refractivity contribution is 0.107. The van der Waals surface area contributed by atoms with Gasteiger partial charge in [-0.05, 0) is 94.5 Å². The summed E-state index contributed by atoms with van der Waals surface area (Å²) in [4.78, 5) is 19.1. The van der Waals surface area contributed by atoms with E-state index in [9.17, 15) is 10.2 Å². The third kappa shape index (κ3) is 5.50. The van der Waals surface area contributed by atoms with Crippen LogP contribution in [-0.4, -0.2) is 93.3 Å². The molecule has 0 amide bonds. The van der Waals surface area contributed by atoms with E-state index >= 15 is 4.39 Å². The largest absolute Gasteiger partial charge is 0.508 e. The van der Waals surface area contributed by atoms with Crippen LogP contribution < -0.4 is 14.4 Å². The first-order chi connectivity index (χ1) is 22.6. The van der Waals surface area contributed by atoms with Gasteiger partial charge in [-0.25, -0.2) is 9.37 Å². The molecule has 0 spiro atoms. The zero-order valence-corrected chi connectivity index (χ0v) is 27.5. The maximum Gasteiger partial charge on any atom is 0.319 e. The number of rotatable bonds is 5. The van der Waals surface area contributed by atoms with E-state index in [1.54, 1.807) is 26.0 Å². The minimum absolute atomic E-state index is 0.0915. The maximum atomic E-state index is 17.1. The van der Waals surface area contributed by atoms with Crippen molar-refractivity contribution in [2.45, 2.75) is 88.8 Å². The number of aliphatic hydroxyl groups is 1. The summed E-state index contributed by atoms with van der Waals surface area (Å²) in [5.74, 6) is 0.537. The van der Waals surface area contributed by atoms with Gasteiger partial charge in [-0.3, -0.25) is 4.90 Å². The monoisotopic (exact) mass is 645 g/mol. The summed E-state index contributed by atoms with van der Waals surface area (Å²) in [6.45, 7) is 9.92. The van der Waals surface area contributed by atoms with Crippen molar-refractivity contribution in [2.75, 3.05) is 51.0 Å². The molecule has 2 N–H and O–H groups in total. The first-order valence-corrected chi connectivity index (χ1v) is 17.1. The van der Waals surface area contributed by atoms with Crippen LogP contribution >= 0.6 is 0 Å². The number of benzene rings is 1. The second-order valence-electron chi connectivity index (χ2n) is 14.8. The molecule has 8 rings (SSSR count). The molecule has 11 heteroatoms. The van der Waals surface area contributed by atoms with Gasteiger partial charge in [0.1, 0.15) is 41.4 Å². The SMILES string of the molecule is C[C@@H]1CCCc2cc(O)cc(-c3nc4c5c(nc(OC[C@@]67CCCN6C/C(=C\C(C)(C)O)C7)nc5c3F)N3CCCOC[C@H]3CO4)c21. The number of halogens is 1. The van der Waals surface area contributed by atoms with Crippen LogP contribution in [0, 0.1) is 5.82 Å². The molecule has 3 atom stereocenters. The highest BCUT2D eigenvalue weighted by Gasteiger charge is 2.47. The van der Waals surface area contributed by atoms with Crippen molar-refractivity contribution in [3.8, 4) is 28.9 Å². The van der Waals surface area contributed by atoms with Crippen molar-refractivity contribution < 1.29 is 28.8 Å². The number of pyridine rings is 1. The summed E-state index contributed by atoms with van der Waals surface area (Å²) in [6.07, 6.45) is 8.40. The number of fused-ring (bicyclic) bond motifs is 4. The molecule has 10 nitrogen and oxygen atoms in total. The fourth-order valence-corrected chi connectivity index (χ4v) is 8.68. The van der Waals surface area contributed by atoms with Crippen molar-refractivity contribution in [2.24, 2.45) is 0 Å². The molecule has 3 aromatic rings. The van der Waals surface area contributed by atoms with Crippen molar-refractivity contribution in [1.82, 2.24) is 19.9 Å². The maximum absolute atomic E-state index is 17.1. The van der Waals surface area contributed by atoms with Crippen molar-refractivity contribution in [3.63, 3.8) is 0 Å². The highest BCUT2D eigenvalue weighted by atomic mass is 19.1. The molecule has 0 saturated carbocycles. The summed E-state index contributed by atoms with van der Waals surface area (Å²) in [7, 11) is 0. The number of nitrogens with zero attached hydrogens (tertiary/aromatic N) is 5. The Morgan fingerprint density at radius 1 is 1.15 bits per heavy atom. The molecule has 3 saturated heterocycles. The molecule has 6 heterocycles. The summed E-state index contributed by atoms with van der Waals surface area (Å²) < 4.78 is 35.8. The van der Waals surface area contributed by atoms with E-state index in [0.717, 1.165) is 69.2 Å². The van der Waals surface area contributed by atoms with Crippen LogP contribution in [0.3, 0.4) is 0 Å². The molecule has 0 unspecified atom stereocenters. The van der Waals surface area contributed by atoms with E-state index in [0.29, 0.717) is 49.7 Å². The number of aryl methyl sites for hydroxylation is 1. The number of aromatic nitrogens is 3. The Labute approximate surface area is 274 Å². The lowest BCUT2D eigenvalue weighted by Gasteiger charge is -2.31. The zero-order chi connectivity index (χ0) is 32.5. The highest BCUT2D eigenvalue weighted by Crippen LogP contribution is 2.46. The molecule has 250 valence electrons. The van der Waals surface area contributed by atoms with Crippen LogP contribution in [0.25, 0.3) is 22.2 Å². The summed E-state index contributed by atoms with van der Waals surface area (Å²) in [6, 6.07) is 3.40. The predicted molar refractivity (Wildman–Crippen MR) is 176 cm³/mol. The molecule has 3 fully saturated rings. The fraction of sp³-hybridized carbons (Fsp3) is 0.583. The van der Waals surface area contributed by atoms with Gasteiger partial charge in [0.2, 0.25) is 5.88 Å². The summed E-state index contributed by atoms with van der Waals surface area (Å²) in [5.41, 5.74) is 2.93. The number of aromatic hydroxyl groups is 1. The standard InChI is InChI=1S/C36H44FN5O5/c1-21-7-4-8-23-13-25(43)14-26(27(21)23)30-29(37)31-28-32(42-11-6-12-45-18-24(42)19-46-33(28)38-30)40-34(39-31)47-20-36-9-5-10-41(36)17-22(16-36)15-35(2,3)44/h13-15,21,24,43-44H,4-12,16-20H2,1-3H3/b22-15-/t21-,24+,36+/m1/s1. The van der Waals surface area contributed by atoms with Crippen molar-refractivity contribution >= 4 is 16.7 Å². The molecule has 47 heavy (non-hydrogen) atoms. The van der Waals surface area contributed by atoms with E-state index in [1.807, 2.05) is 6.08 Å². The van der Waals surface area contributed by atoms with Crippen molar-refractivity contribution in [1.29, 1.82) is 0 Å². The third-order valence-corrected chi connectivity index (χ3v) is 10.6. The molecule has 2 aromatic heterocycles. The molecule has 0 radical (unpaired) electrons. The van der Waals surface area contributed by atoms with Gasteiger partial charge < -0.3 is 29.3 Å². The number of phenols is 1. The number of anilines is 1. The van der Waals surface area contributed by atoms with Crippen molar-refractivity contribution in [3.05, 3.63) is 40.7 Å². The lowest BCUT2D eigenvalue weighted by atomic mass is 9.80. The average molecular weight is 646 g/mol. The van der Waals surface area contributed by atoms with Gasteiger partial charge >= 0.3 is 6.01 Å². The van der Waals surface area contributed by atoms with Gasteiger partial charge in [0.15, 0.2) is 5.82 Å². The van der Waals surface area contributed by atoms with Crippen LogP contribution in [0.1, 0.15) is 76.3 Å². The molecule has 0 bridgehead atoms. The minimum atomic E-state index is -0.886. The van der Waals surface area contributed by atoms with Gasteiger partial charge in [-0.15, -0.1) is 0 Å². The molecule has 1 aliphatic carbocycles. The van der Waals surface area contributed by atoms with E-state index in [-0.39, 0.29) is 46.3 Å². The zero-order valence-electron chi connectivity index (χ0n) is 27.5. The Morgan fingerprint density at radius 2 is 2.02 bits per heavy atom. The second kappa shape index (κ2) is 11.6. The van der Waals surface area contributed by atoms with Crippen LogP contribution in [0.15, 0.2) is 23.8 Å². The quantitative estimate of drug-likeness (QED) is 0.356. The van der Waals surface area contributed by atoms with Crippen LogP contribution in [0.2, 0.25) is 0 Å². The Morgan fingerprint density at radius 3 is 2.87 bits per heavy atom. The van der Waals surface area contributed by atoms with Gasteiger partial charge in [0, 0.05) is 25.3 Å². The van der Waals surface area contributed by atoms with Crippen LogP contribution in [-0.2, 0) is 11.2 Å². The molecule has 5 aliphatic rings. The average Bonchev–Trinajstić information content (AvgIpc) is 3.38. The summed E-state index contributed by atoms with van der Waals surface area (Å²) >= 11 is 0. The Balaban J connectivity index is 1.25. The smallest absolute Gasteiger partial charge is 0.319 e. The number of ether oxygens (including phenoxy) is 3. The Bertz CT molecular complexity index is 1760. The van der Waals surface area contributed by atoms with Gasteiger partial charge in [0.25, 0.3) is 0 Å². The first-order valence-electron chi connectivity index (χ1n) is 17.1. The van der Waals surface area contributed by atoms with Gasteiger partial charge in [0.05, 0.1) is 23.8 Å². The summed E-state index contributed by atoms with van der Waals surface area (Å²) in [5, 5.41) is 21.6. The van der Waals surface area contributed by atoms with E-state index in [1.165, 1.54) is 5.57 Å². The first kappa shape index (κ1) is 30.8. The van der Waals surface area contributed by atoms with E-state index in [2.05, 4.69) is 16.7 Å². The van der Waals surface area contributed by atoms with Gasteiger partial charge in [-0.1, -0.05) is 18.6 Å². The number of phenolic OH excluding ortho intramolecular Hbond substituents is 1. The second-order valence-corrected chi connectivity index (χ2v) is 14.8. The van der Waals surface area contributed by atoms with E-state index in [4.69, 9.17) is 29.2 Å². The van der Waals surface area contributed by atoms with Gasteiger partial charge in [-0.2, -0.15) is 9.97 Å².